The lowest BCUT2D eigenvalue weighted by molar-refractivity contribution is -0.148. The summed E-state index contributed by atoms with van der Waals surface area (Å²) >= 11 is 0. The molecular weight excluding hydrogens is 279 g/mol. The van der Waals surface area contributed by atoms with E-state index >= 15 is 0 Å². The van der Waals surface area contributed by atoms with Crippen molar-refractivity contribution >= 4 is 9.84 Å². The molecule has 0 radical (unpaired) electrons. The van der Waals surface area contributed by atoms with Crippen LogP contribution in [0.4, 0.5) is 13.2 Å². The van der Waals surface area contributed by atoms with E-state index in [0.717, 1.165) is 5.56 Å². The van der Waals surface area contributed by atoms with Crippen LogP contribution < -0.4 is 0 Å². The highest BCUT2D eigenvalue weighted by molar-refractivity contribution is 7.93. The Balaban J connectivity index is 2.47. The average molecular weight is 289 g/mol. The van der Waals surface area contributed by atoms with Gasteiger partial charge in [0.1, 0.15) is 0 Å². The van der Waals surface area contributed by atoms with Gasteiger partial charge in [-0.2, -0.15) is 18.4 Å². The van der Waals surface area contributed by atoms with Crippen molar-refractivity contribution in [2.24, 2.45) is 5.92 Å². The lowest BCUT2D eigenvalue weighted by Gasteiger charge is -2.12. The fraction of sp³-hybridized carbons (Fsp3) is 0.417. The molecule has 1 aromatic rings. The summed E-state index contributed by atoms with van der Waals surface area (Å²) in [6.45, 7) is 1.73. The number of nitriles is 1. The topological polar surface area (TPSA) is 57.9 Å². The number of hydrogen-bond donors (Lipinski definition) is 0. The normalized spacial score (nSPS) is 26.8. The number of hydrogen-bond acceptors (Lipinski definition) is 3. The van der Waals surface area contributed by atoms with Crippen LogP contribution in [0.2, 0.25) is 0 Å². The Kier molecular flexibility index (Phi) is 2.90. The van der Waals surface area contributed by atoms with Crippen LogP contribution >= 0.6 is 0 Å². The minimum atomic E-state index is -4.67. The van der Waals surface area contributed by atoms with E-state index in [1.54, 1.807) is 6.92 Å². The lowest BCUT2D eigenvalue weighted by Crippen LogP contribution is -2.29. The first kappa shape index (κ1) is 13.9. The Morgan fingerprint density at radius 3 is 2.21 bits per heavy atom. The maximum absolute atomic E-state index is 12.6. The Labute approximate surface area is 108 Å². The van der Waals surface area contributed by atoms with Crippen LogP contribution in [0, 0.1) is 24.2 Å². The van der Waals surface area contributed by atoms with Crippen molar-refractivity contribution in [3.05, 3.63) is 29.8 Å². The van der Waals surface area contributed by atoms with E-state index in [4.69, 9.17) is 5.26 Å². The van der Waals surface area contributed by atoms with Gasteiger partial charge < -0.3 is 0 Å². The van der Waals surface area contributed by atoms with Crippen LogP contribution in [-0.4, -0.2) is 19.3 Å². The zero-order valence-electron chi connectivity index (χ0n) is 9.90. The van der Waals surface area contributed by atoms with Gasteiger partial charge >= 0.3 is 6.18 Å². The molecular formula is C12H10F3NO2S. The van der Waals surface area contributed by atoms with E-state index in [-0.39, 0.29) is 4.90 Å². The molecule has 0 N–H and O–H groups in total. The molecule has 1 aromatic carbocycles. The Morgan fingerprint density at radius 1 is 1.32 bits per heavy atom. The minimum absolute atomic E-state index is 0.244. The summed E-state index contributed by atoms with van der Waals surface area (Å²) in [6, 6.07) is 6.80. The largest absolute Gasteiger partial charge is 0.394 e. The quantitative estimate of drug-likeness (QED) is 0.841. The minimum Gasteiger partial charge on any atom is -0.222 e. The third-order valence-electron chi connectivity index (χ3n) is 3.31. The van der Waals surface area contributed by atoms with Crippen molar-refractivity contribution in [2.45, 2.75) is 29.2 Å². The summed E-state index contributed by atoms with van der Waals surface area (Å²) in [5.41, 5.74) is 0.785. The molecule has 0 unspecified atom stereocenters. The molecule has 1 aliphatic rings. The third kappa shape index (κ3) is 2.00. The molecule has 7 heteroatoms. The summed E-state index contributed by atoms with van der Waals surface area (Å²) in [5, 5.41) is 8.91. The molecule has 0 heterocycles. The van der Waals surface area contributed by atoms with Crippen LogP contribution in [0.5, 0.6) is 0 Å². The van der Waals surface area contributed by atoms with Gasteiger partial charge in [0, 0.05) is 0 Å². The second kappa shape index (κ2) is 3.97. The van der Waals surface area contributed by atoms with Gasteiger partial charge in [-0.3, -0.25) is 0 Å². The zero-order chi connectivity index (χ0) is 14.5. The molecule has 1 saturated carbocycles. The first-order chi connectivity index (χ1) is 8.65. The van der Waals surface area contributed by atoms with Crippen molar-refractivity contribution in [3.8, 4) is 6.07 Å². The second-order valence-electron chi connectivity index (χ2n) is 4.62. The highest BCUT2D eigenvalue weighted by Gasteiger charge is 2.74. The molecule has 2 rings (SSSR count). The smallest absolute Gasteiger partial charge is 0.222 e. The summed E-state index contributed by atoms with van der Waals surface area (Å²) in [7, 11) is -4.31. The molecule has 0 aliphatic heterocycles. The summed E-state index contributed by atoms with van der Waals surface area (Å²) in [6.07, 6.45) is -5.36. The van der Waals surface area contributed by atoms with Crippen LogP contribution in [0.15, 0.2) is 29.2 Å². The number of halogens is 3. The highest BCUT2D eigenvalue weighted by Crippen LogP contribution is 2.59. The van der Waals surface area contributed by atoms with E-state index in [9.17, 15) is 21.6 Å². The van der Waals surface area contributed by atoms with Gasteiger partial charge in [0.2, 0.25) is 0 Å². The molecule has 0 bridgehead atoms. The van der Waals surface area contributed by atoms with Gasteiger partial charge in [-0.15, -0.1) is 0 Å². The monoisotopic (exact) mass is 289 g/mol. The fourth-order valence-corrected chi connectivity index (χ4v) is 3.96. The molecule has 1 aliphatic carbocycles. The maximum Gasteiger partial charge on any atom is 0.394 e. The number of aryl methyl sites for hydroxylation is 1. The molecule has 1 fully saturated rings. The zero-order valence-corrected chi connectivity index (χ0v) is 10.7. The van der Waals surface area contributed by atoms with Gasteiger partial charge in [-0.25, -0.2) is 8.42 Å². The van der Waals surface area contributed by atoms with E-state index < -0.39 is 33.1 Å². The van der Waals surface area contributed by atoms with Crippen molar-refractivity contribution in [1.82, 2.24) is 0 Å². The SMILES string of the molecule is Cc1ccc(S(=O)(=O)[C@]2(C#N)C[C@H]2C(F)(F)F)cc1. The first-order valence-electron chi connectivity index (χ1n) is 5.44. The molecule has 0 saturated heterocycles. The molecule has 0 aromatic heterocycles. The number of nitrogens with zero attached hydrogens (tertiary/aromatic N) is 1. The first-order valence-corrected chi connectivity index (χ1v) is 6.93. The summed E-state index contributed by atoms with van der Waals surface area (Å²) < 4.78 is 59.9. The molecule has 102 valence electrons. The summed E-state index contributed by atoms with van der Waals surface area (Å²) in [4.78, 5) is -0.244. The molecule has 3 nitrogen and oxygen atoms in total. The second-order valence-corrected chi connectivity index (χ2v) is 6.82. The van der Waals surface area contributed by atoms with Crippen molar-refractivity contribution < 1.29 is 21.6 Å². The molecule has 19 heavy (non-hydrogen) atoms. The van der Waals surface area contributed by atoms with Crippen molar-refractivity contribution in [3.63, 3.8) is 0 Å². The fourth-order valence-electron chi connectivity index (χ4n) is 2.03. The number of alkyl halides is 3. The van der Waals surface area contributed by atoms with Crippen molar-refractivity contribution in [1.29, 1.82) is 5.26 Å². The van der Waals surface area contributed by atoms with Crippen LogP contribution in [0.1, 0.15) is 12.0 Å². The number of sulfone groups is 1. The van der Waals surface area contributed by atoms with Crippen LogP contribution in [0.25, 0.3) is 0 Å². The third-order valence-corrected chi connectivity index (χ3v) is 5.70. The maximum atomic E-state index is 12.6. The predicted molar refractivity (Wildman–Crippen MR) is 60.9 cm³/mol. The molecule has 0 spiro atoms. The highest BCUT2D eigenvalue weighted by atomic mass is 32.2. The van der Waals surface area contributed by atoms with Gasteiger partial charge in [-0.1, -0.05) is 17.7 Å². The number of benzene rings is 1. The Hall–Kier alpha value is -1.55. The van der Waals surface area contributed by atoms with Gasteiger partial charge in [0.25, 0.3) is 0 Å². The van der Waals surface area contributed by atoms with E-state index in [1.807, 2.05) is 0 Å². The van der Waals surface area contributed by atoms with E-state index in [2.05, 4.69) is 0 Å². The summed E-state index contributed by atoms with van der Waals surface area (Å²) in [5.74, 6) is -2.10. The Bertz CT molecular complexity index is 643. The predicted octanol–water partition coefficient (Wildman–Crippen LogP) is 2.61. The Morgan fingerprint density at radius 2 is 1.84 bits per heavy atom. The van der Waals surface area contributed by atoms with Crippen LogP contribution in [-0.2, 0) is 9.84 Å². The number of rotatable bonds is 2. The lowest BCUT2D eigenvalue weighted by atomic mass is 10.2. The van der Waals surface area contributed by atoms with E-state index in [0.29, 0.717) is 0 Å². The van der Waals surface area contributed by atoms with Gasteiger partial charge in [0.05, 0.1) is 16.9 Å². The average Bonchev–Trinajstić information content (AvgIpc) is 3.05. The van der Waals surface area contributed by atoms with Crippen molar-refractivity contribution in [2.75, 3.05) is 0 Å². The van der Waals surface area contributed by atoms with Gasteiger partial charge in [0.15, 0.2) is 14.6 Å². The molecule has 2 atom stereocenters. The van der Waals surface area contributed by atoms with Crippen LogP contribution in [0.3, 0.4) is 0 Å². The molecule has 0 amide bonds. The van der Waals surface area contributed by atoms with E-state index in [1.165, 1.54) is 30.3 Å². The van der Waals surface area contributed by atoms with Gasteiger partial charge in [-0.05, 0) is 25.5 Å². The standard InChI is InChI=1S/C12H10F3NO2S/c1-8-2-4-9(5-3-8)19(17,18)11(7-16)6-10(11)12(13,14)15/h2-5,10H,6H2,1H3/t10-,11+/m1/s1.